The number of piperidine rings is 1. The van der Waals surface area contributed by atoms with Gasteiger partial charge in [-0.05, 0) is 43.5 Å². The zero-order chi connectivity index (χ0) is 18.7. The van der Waals surface area contributed by atoms with Crippen LogP contribution >= 0.6 is 0 Å². The van der Waals surface area contributed by atoms with E-state index in [9.17, 15) is 19.8 Å². The summed E-state index contributed by atoms with van der Waals surface area (Å²) in [5.41, 5.74) is -0.156. The van der Waals surface area contributed by atoms with E-state index < -0.39 is 17.5 Å². The molecule has 0 spiro atoms. The number of carbonyl (C=O) groups excluding carboxylic acids is 1. The summed E-state index contributed by atoms with van der Waals surface area (Å²) in [5, 5.41) is 20.2. The van der Waals surface area contributed by atoms with E-state index in [2.05, 4.69) is 4.98 Å². The molecule has 26 heavy (non-hydrogen) atoms. The van der Waals surface area contributed by atoms with Crippen molar-refractivity contribution in [3.8, 4) is 0 Å². The molecule has 2 N–H and O–H groups in total. The van der Waals surface area contributed by atoms with Gasteiger partial charge in [0.05, 0.1) is 12.6 Å². The Morgan fingerprint density at radius 3 is 2.62 bits per heavy atom. The molecule has 1 saturated heterocycles. The second kappa shape index (κ2) is 7.72. The molecule has 1 aliphatic carbocycles. The van der Waals surface area contributed by atoms with Gasteiger partial charge >= 0.3 is 5.97 Å². The fourth-order valence-electron chi connectivity index (χ4n) is 3.81. The van der Waals surface area contributed by atoms with Crippen LogP contribution in [0.3, 0.4) is 0 Å². The van der Waals surface area contributed by atoms with Crippen LogP contribution in [0.1, 0.15) is 31.2 Å². The maximum absolute atomic E-state index is 12.7. The van der Waals surface area contributed by atoms with Crippen molar-refractivity contribution in [3.63, 3.8) is 0 Å². The molecule has 2 heterocycles. The number of pyridine rings is 1. The van der Waals surface area contributed by atoms with Crippen molar-refractivity contribution >= 4 is 11.9 Å². The molecule has 1 saturated carbocycles. The minimum atomic E-state index is -1.22. The largest absolute Gasteiger partial charge is 0.481 e. The van der Waals surface area contributed by atoms with E-state index in [-0.39, 0.29) is 19.0 Å². The van der Waals surface area contributed by atoms with Crippen molar-refractivity contribution in [3.05, 3.63) is 30.1 Å². The third kappa shape index (κ3) is 4.22. The minimum absolute atomic E-state index is 0.0881. The van der Waals surface area contributed by atoms with Crippen LogP contribution in [0.25, 0.3) is 0 Å². The molecular formula is C19H27N3O4. The maximum Gasteiger partial charge on any atom is 0.314 e. The number of carboxylic acids is 1. The van der Waals surface area contributed by atoms with Gasteiger partial charge in [0.25, 0.3) is 0 Å². The van der Waals surface area contributed by atoms with Crippen LogP contribution in [0.15, 0.2) is 24.5 Å². The van der Waals surface area contributed by atoms with Crippen molar-refractivity contribution < 1.29 is 19.8 Å². The van der Waals surface area contributed by atoms with Crippen LogP contribution in [0, 0.1) is 11.3 Å². The number of aliphatic hydroxyl groups excluding tert-OH is 1. The van der Waals surface area contributed by atoms with Crippen molar-refractivity contribution in [2.45, 2.75) is 38.3 Å². The molecule has 1 aromatic heterocycles. The fourth-order valence-corrected chi connectivity index (χ4v) is 3.81. The predicted octanol–water partition coefficient (Wildman–Crippen LogP) is 0.978. The first-order valence-corrected chi connectivity index (χ1v) is 9.17. The Morgan fingerprint density at radius 1 is 1.31 bits per heavy atom. The number of aliphatic hydroxyl groups is 1. The van der Waals surface area contributed by atoms with E-state index in [1.54, 1.807) is 17.3 Å². The van der Waals surface area contributed by atoms with Crippen LogP contribution in [0.5, 0.6) is 0 Å². The Hall–Kier alpha value is -1.99. The van der Waals surface area contributed by atoms with E-state index in [0.29, 0.717) is 31.8 Å². The average Bonchev–Trinajstić information content (AvgIpc) is 3.41. The number of aliphatic carboxylic acids is 1. The summed E-state index contributed by atoms with van der Waals surface area (Å²) in [5.74, 6) is -0.709. The van der Waals surface area contributed by atoms with Gasteiger partial charge in [0.15, 0.2) is 0 Å². The SMILES string of the molecule is CN(CC(=O)N1CC[C@H](O)[C@](CC2CC2)(C(=O)O)C1)Cc1ccncc1. The number of carboxylic acid groups (broad SMARTS) is 1. The van der Waals surface area contributed by atoms with Crippen LogP contribution in [0.2, 0.25) is 0 Å². The van der Waals surface area contributed by atoms with Gasteiger partial charge in [0.1, 0.15) is 5.41 Å². The highest BCUT2D eigenvalue weighted by atomic mass is 16.4. The first-order chi connectivity index (χ1) is 12.4. The van der Waals surface area contributed by atoms with Crippen LogP contribution in [0.4, 0.5) is 0 Å². The van der Waals surface area contributed by atoms with Crippen LogP contribution in [-0.2, 0) is 16.1 Å². The van der Waals surface area contributed by atoms with Gasteiger partial charge in [0.2, 0.25) is 5.91 Å². The van der Waals surface area contributed by atoms with Crippen LogP contribution < -0.4 is 0 Å². The number of aromatic nitrogens is 1. The molecule has 2 atom stereocenters. The lowest BCUT2D eigenvalue weighted by molar-refractivity contribution is -0.167. The number of likely N-dealkylation sites (tertiary alicyclic amines) is 1. The average molecular weight is 361 g/mol. The number of rotatable bonds is 7. The second-order valence-electron chi connectivity index (χ2n) is 7.76. The lowest BCUT2D eigenvalue weighted by Crippen LogP contribution is -2.58. The van der Waals surface area contributed by atoms with E-state index in [1.165, 1.54) is 0 Å². The third-order valence-electron chi connectivity index (χ3n) is 5.52. The zero-order valence-electron chi connectivity index (χ0n) is 15.2. The molecule has 2 fully saturated rings. The summed E-state index contributed by atoms with van der Waals surface area (Å²) in [4.78, 5) is 32.2. The summed E-state index contributed by atoms with van der Waals surface area (Å²) in [7, 11) is 1.87. The summed E-state index contributed by atoms with van der Waals surface area (Å²) in [6.45, 7) is 1.35. The van der Waals surface area contributed by atoms with Gasteiger partial charge in [-0.3, -0.25) is 19.5 Å². The lowest BCUT2D eigenvalue weighted by atomic mass is 9.73. The Kier molecular flexibility index (Phi) is 5.58. The summed E-state index contributed by atoms with van der Waals surface area (Å²) in [6, 6.07) is 3.81. The summed E-state index contributed by atoms with van der Waals surface area (Å²) in [6.07, 6.45) is 5.36. The van der Waals surface area contributed by atoms with Gasteiger partial charge in [-0.1, -0.05) is 12.8 Å². The van der Waals surface area contributed by atoms with Gasteiger partial charge < -0.3 is 15.1 Å². The fraction of sp³-hybridized carbons (Fsp3) is 0.632. The molecule has 1 aromatic rings. The number of hydrogen-bond donors (Lipinski definition) is 2. The van der Waals surface area contributed by atoms with Gasteiger partial charge in [-0.25, -0.2) is 0 Å². The predicted molar refractivity (Wildman–Crippen MR) is 95.2 cm³/mol. The van der Waals surface area contributed by atoms with E-state index >= 15 is 0 Å². The smallest absolute Gasteiger partial charge is 0.314 e. The van der Waals surface area contributed by atoms with Gasteiger partial charge in [-0.15, -0.1) is 0 Å². The molecule has 0 bridgehead atoms. The Morgan fingerprint density at radius 2 is 2.00 bits per heavy atom. The summed E-state index contributed by atoms with van der Waals surface area (Å²) < 4.78 is 0. The third-order valence-corrected chi connectivity index (χ3v) is 5.52. The Balaban J connectivity index is 1.62. The Bertz CT molecular complexity index is 649. The van der Waals surface area contributed by atoms with Crippen LogP contribution in [-0.4, -0.2) is 69.7 Å². The number of carbonyl (C=O) groups is 2. The molecule has 1 aliphatic heterocycles. The Labute approximate surface area is 153 Å². The highest BCUT2D eigenvalue weighted by Gasteiger charge is 2.52. The molecule has 7 nitrogen and oxygen atoms in total. The molecule has 142 valence electrons. The molecule has 3 rings (SSSR count). The number of likely N-dealkylation sites (N-methyl/N-ethyl adjacent to an activating group) is 1. The van der Waals surface area contributed by atoms with E-state index in [4.69, 9.17) is 0 Å². The van der Waals surface area contributed by atoms with Gasteiger partial charge in [0, 0.05) is 32.0 Å². The van der Waals surface area contributed by atoms with Crippen molar-refractivity contribution in [2.24, 2.45) is 11.3 Å². The van der Waals surface area contributed by atoms with Crippen molar-refractivity contribution in [1.29, 1.82) is 0 Å². The highest BCUT2D eigenvalue weighted by Crippen LogP contribution is 2.45. The molecule has 2 aliphatic rings. The number of amides is 1. The molecule has 7 heteroatoms. The van der Waals surface area contributed by atoms with Crippen molar-refractivity contribution in [2.75, 3.05) is 26.7 Å². The normalized spacial score (nSPS) is 26.1. The maximum atomic E-state index is 12.7. The monoisotopic (exact) mass is 361 g/mol. The second-order valence-corrected chi connectivity index (χ2v) is 7.76. The molecule has 0 unspecified atom stereocenters. The first kappa shape index (κ1) is 18.8. The van der Waals surface area contributed by atoms with Gasteiger partial charge in [-0.2, -0.15) is 0 Å². The standard InChI is InChI=1S/C19H27N3O4/c1-21(11-15-4-7-20-8-5-15)12-17(24)22-9-6-16(23)19(13-22,18(25)26)10-14-2-3-14/h4-5,7-8,14,16,23H,2-3,6,9-13H2,1H3,(H,25,26)/t16-,19+/m0/s1. The topological polar surface area (TPSA) is 94.0 Å². The molecule has 0 radical (unpaired) electrons. The lowest BCUT2D eigenvalue weighted by Gasteiger charge is -2.43. The minimum Gasteiger partial charge on any atom is -0.481 e. The molecule has 0 aromatic carbocycles. The number of nitrogens with zero attached hydrogens (tertiary/aromatic N) is 3. The first-order valence-electron chi connectivity index (χ1n) is 9.17. The van der Waals surface area contributed by atoms with Crippen molar-refractivity contribution in [1.82, 2.24) is 14.8 Å². The van der Waals surface area contributed by atoms with E-state index in [1.807, 2.05) is 24.1 Å². The number of hydrogen-bond acceptors (Lipinski definition) is 5. The molecule has 1 amide bonds. The highest BCUT2D eigenvalue weighted by molar-refractivity contribution is 5.81. The van der Waals surface area contributed by atoms with E-state index in [0.717, 1.165) is 18.4 Å². The quantitative estimate of drug-likeness (QED) is 0.752. The molecular weight excluding hydrogens is 334 g/mol. The summed E-state index contributed by atoms with van der Waals surface area (Å²) >= 11 is 0. The zero-order valence-corrected chi connectivity index (χ0v) is 15.2.